The lowest BCUT2D eigenvalue weighted by Crippen LogP contribution is -2.56. The summed E-state index contributed by atoms with van der Waals surface area (Å²) in [7, 11) is 0. The van der Waals surface area contributed by atoms with Gasteiger partial charge in [-0.2, -0.15) is 5.06 Å². The van der Waals surface area contributed by atoms with Crippen LogP contribution in [0.4, 0.5) is 0 Å². The standard InChI is InChI=1S/C17H32N4O3/c1-17(2)13-18-14(12-24-17)11-16(22)20-9-7-19(8-10-20)15-3-5-21(23)6-4-15/h14-15,18,23H,3-13H2,1-2H3. The van der Waals surface area contributed by atoms with Gasteiger partial charge in [0.1, 0.15) is 0 Å². The first-order valence-corrected chi connectivity index (χ1v) is 9.26. The average Bonchev–Trinajstić information content (AvgIpc) is 2.58. The minimum absolute atomic E-state index is 0.130. The summed E-state index contributed by atoms with van der Waals surface area (Å²) in [5, 5.41) is 14.3. The second-order valence-corrected chi connectivity index (χ2v) is 7.95. The topological polar surface area (TPSA) is 68.3 Å². The predicted molar refractivity (Wildman–Crippen MR) is 91.0 cm³/mol. The van der Waals surface area contributed by atoms with Gasteiger partial charge in [0.25, 0.3) is 0 Å². The molecule has 1 atom stereocenters. The van der Waals surface area contributed by atoms with Gasteiger partial charge in [0.05, 0.1) is 12.2 Å². The van der Waals surface area contributed by atoms with E-state index in [0.717, 1.165) is 58.7 Å². The van der Waals surface area contributed by atoms with Crippen molar-refractivity contribution in [3.63, 3.8) is 0 Å². The number of carbonyl (C=O) groups is 1. The molecule has 24 heavy (non-hydrogen) atoms. The zero-order valence-electron chi connectivity index (χ0n) is 15.0. The molecule has 138 valence electrons. The van der Waals surface area contributed by atoms with E-state index in [0.29, 0.717) is 19.1 Å². The molecular formula is C17H32N4O3. The number of nitrogens with zero attached hydrogens (tertiary/aromatic N) is 3. The number of hydrogen-bond acceptors (Lipinski definition) is 6. The summed E-state index contributed by atoms with van der Waals surface area (Å²) in [6, 6.07) is 0.693. The Kier molecular flexibility index (Phi) is 5.77. The molecule has 3 saturated heterocycles. The van der Waals surface area contributed by atoms with E-state index in [1.165, 1.54) is 5.06 Å². The maximum absolute atomic E-state index is 12.5. The van der Waals surface area contributed by atoms with Gasteiger partial charge in [0, 0.05) is 64.3 Å². The third-order valence-electron chi connectivity index (χ3n) is 5.54. The van der Waals surface area contributed by atoms with E-state index < -0.39 is 0 Å². The van der Waals surface area contributed by atoms with E-state index in [4.69, 9.17) is 4.74 Å². The molecule has 3 rings (SSSR count). The van der Waals surface area contributed by atoms with Crippen LogP contribution in [0.1, 0.15) is 33.1 Å². The maximum atomic E-state index is 12.5. The summed E-state index contributed by atoms with van der Waals surface area (Å²) in [4.78, 5) is 17.0. The van der Waals surface area contributed by atoms with Gasteiger partial charge in [-0.15, -0.1) is 0 Å². The fourth-order valence-corrected chi connectivity index (χ4v) is 3.85. The number of ether oxygens (including phenoxy) is 1. The SMILES string of the molecule is CC1(C)CNC(CC(=O)N2CCN(C3CCN(O)CC3)CC2)CO1. The van der Waals surface area contributed by atoms with E-state index in [1.54, 1.807) is 0 Å². The van der Waals surface area contributed by atoms with Crippen molar-refractivity contribution in [3.8, 4) is 0 Å². The van der Waals surface area contributed by atoms with Gasteiger partial charge in [-0.3, -0.25) is 9.69 Å². The van der Waals surface area contributed by atoms with E-state index in [9.17, 15) is 10.0 Å². The van der Waals surface area contributed by atoms with Gasteiger partial charge in [0.2, 0.25) is 5.91 Å². The van der Waals surface area contributed by atoms with Gasteiger partial charge >= 0.3 is 0 Å². The molecular weight excluding hydrogens is 308 g/mol. The highest BCUT2D eigenvalue weighted by molar-refractivity contribution is 5.77. The van der Waals surface area contributed by atoms with Gasteiger partial charge < -0.3 is 20.2 Å². The fraction of sp³-hybridized carbons (Fsp3) is 0.941. The molecule has 1 amide bonds. The van der Waals surface area contributed by atoms with Crippen molar-refractivity contribution in [2.75, 3.05) is 52.4 Å². The monoisotopic (exact) mass is 340 g/mol. The molecule has 0 bridgehead atoms. The van der Waals surface area contributed by atoms with E-state index in [1.807, 2.05) is 4.90 Å². The van der Waals surface area contributed by atoms with Crippen LogP contribution in [0.25, 0.3) is 0 Å². The summed E-state index contributed by atoms with van der Waals surface area (Å²) in [5.41, 5.74) is -0.130. The Bertz CT molecular complexity index is 420. The molecule has 3 aliphatic heterocycles. The summed E-state index contributed by atoms with van der Waals surface area (Å²) < 4.78 is 5.81. The number of amides is 1. The molecule has 3 aliphatic rings. The zero-order valence-corrected chi connectivity index (χ0v) is 15.0. The smallest absolute Gasteiger partial charge is 0.224 e. The van der Waals surface area contributed by atoms with Crippen LogP contribution < -0.4 is 5.32 Å². The van der Waals surface area contributed by atoms with Crippen LogP contribution in [0.3, 0.4) is 0 Å². The van der Waals surface area contributed by atoms with Crippen molar-refractivity contribution in [2.24, 2.45) is 0 Å². The van der Waals surface area contributed by atoms with Crippen LogP contribution in [0.2, 0.25) is 0 Å². The first-order chi connectivity index (χ1) is 11.4. The van der Waals surface area contributed by atoms with Gasteiger partial charge in [-0.25, -0.2) is 0 Å². The normalized spacial score (nSPS) is 30.5. The molecule has 0 aliphatic carbocycles. The van der Waals surface area contributed by atoms with Crippen LogP contribution in [0.15, 0.2) is 0 Å². The molecule has 7 heteroatoms. The van der Waals surface area contributed by atoms with Crippen molar-refractivity contribution >= 4 is 5.91 Å². The van der Waals surface area contributed by atoms with E-state index in [2.05, 4.69) is 24.1 Å². The number of piperidine rings is 1. The lowest BCUT2D eigenvalue weighted by molar-refractivity contribution is -0.137. The highest BCUT2D eigenvalue weighted by Crippen LogP contribution is 2.19. The molecule has 3 heterocycles. The second kappa shape index (κ2) is 7.66. The molecule has 7 nitrogen and oxygen atoms in total. The van der Waals surface area contributed by atoms with Gasteiger partial charge in [0.15, 0.2) is 0 Å². The summed E-state index contributed by atoms with van der Waals surface area (Å²) in [6.07, 6.45) is 2.56. The molecule has 0 aromatic heterocycles. The quantitative estimate of drug-likeness (QED) is 0.762. The Morgan fingerprint density at radius 3 is 2.42 bits per heavy atom. The van der Waals surface area contributed by atoms with Crippen LogP contribution >= 0.6 is 0 Å². The molecule has 0 radical (unpaired) electrons. The lowest BCUT2D eigenvalue weighted by Gasteiger charge is -2.42. The molecule has 0 aromatic rings. The zero-order chi connectivity index (χ0) is 17.2. The maximum Gasteiger partial charge on any atom is 0.224 e. The minimum atomic E-state index is -0.130. The van der Waals surface area contributed by atoms with Crippen LogP contribution in [-0.4, -0.2) is 96.1 Å². The number of rotatable bonds is 3. The van der Waals surface area contributed by atoms with Crippen molar-refractivity contribution in [1.82, 2.24) is 20.2 Å². The Hall–Kier alpha value is -0.730. The van der Waals surface area contributed by atoms with Crippen LogP contribution in [0.5, 0.6) is 0 Å². The summed E-state index contributed by atoms with van der Waals surface area (Å²) in [6.45, 7) is 10.6. The first kappa shape index (κ1) is 18.1. The molecule has 0 spiro atoms. The van der Waals surface area contributed by atoms with E-state index in [-0.39, 0.29) is 17.6 Å². The number of carbonyl (C=O) groups excluding carboxylic acids is 1. The Morgan fingerprint density at radius 1 is 1.17 bits per heavy atom. The predicted octanol–water partition coefficient (Wildman–Crippen LogP) is 0.141. The highest BCUT2D eigenvalue weighted by atomic mass is 16.5. The lowest BCUT2D eigenvalue weighted by atomic mass is 10.0. The second-order valence-electron chi connectivity index (χ2n) is 7.95. The third kappa shape index (κ3) is 4.67. The van der Waals surface area contributed by atoms with Gasteiger partial charge in [-0.05, 0) is 26.7 Å². The minimum Gasteiger partial charge on any atom is -0.373 e. The van der Waals surface area contributed by atoms with Crippen LogP contribution in [-0.2, 0) is 9.53 Å². The fourth-order valence-electron chi connectivity index (χ4n) is 3.85. The number of piperazine rings is 1. The average molecular weight is 340 g/mol. The number of hydroxylamine groups is 2. The molecule has 2 N–H and O–H groups in total. The van der Waals surface area contributed by atoms with Gasteiger partial charge in [-0.1, -0.05) is 0 Å². The highest BCUT2D eigenvalue weighted by Gasteiger charge is 2.31. The summed E-state index contributed by atoms with van der Waals surface area (Å²) >= 11 is 0. The first-order valence-electron chi connectivity index (χ1n) is 9.26. The molecule has 1 unspecified atom stereocenters. The number of nitrogens with one attached hydrogen (secondary N) is 1. The molecule has 0 saturated carbocycles. The molecule has 3 fully saturated rings. The largest absolute Gasteiger partial charge is 0.373 e. The van der Waals surface area contributed by atoms with Crippen molar-refractivity contribution < 1.29 is 14.7 Å². The van der Waals surface area contributed by atoms with Crippen molar-refractivity contribution in [3.05, 3.63) is 0 Å². The Balaban J connectivity index is 1.39. The third-order valence-corrected chi connectivity index (χ3v) is 5.54. The van der Waals surface area contributed by atoms with E-state index >= 15 is 0 Å². The number of morpholine rings is 1. The van der Waals surface area contributed by atoms with Crippen LogP contribution in [0, 0.1) is 0 Å². The van der Waals surface area contributed by atoms with Crippen molar-refractivity contribution in [2.45, 2.75) is 50.8 Å². The molecule has 0 aromatic carbocycles. The Labute approximate surface area is 144 Å². The van der Waals surface area contributed by atoms with Crippen molar-refractivity contribution in [1.29, 1.82) is 0 Å². The number of hydrogen-bond donors (Lipinski definition) is 2. The summed E-state index contributed by atoms with van der Waals surface area (Å²) in [5.74, 6) is 0.237. The Morgan fingerprint density at radius 2 is 1.83 bits per heavy atom.